The summed E-state index contributed by atoms with van der Waals surface area (Å²) in [5.74, 6) is 0. The van der Waals surface area contributed by atoms with Crippen LogP contribution >= 0.6 is 0 Å². The third-order valence-corrected chi connectivity index (χ3v) is 8.60. The van der Waals surface area contributed by atoms with Crippen molar-refractivity contribution in [3.63, 3.8) is 0 Å². The smallest absolute Gasteiger partial charge is 0.358 e. The van der Waals surface area contributed by atoms with Gasteiger partial charge >= 0.3 is 21.7 Å². The zero-order valence-electron chi connectivity index (χ0n) is 29.3. The average molecular weight is 675 g/mol. The van der Waals surface area contributed by atoms with Gasteiger partial charge in [0, 0.05) is 9.52 Å². The van der Waals surface area contributed by atoms with Crippen molar-refractivity contribution in [1.82, 2.24) is 0 Å². The summed E-state index contributed by atoms with van der Waals surface area (Å²) in [6.45, 7) is 8.73. The summed E-state index contributed by atoms with van der Waals surface area (Å²) < 4.78 is 0. The Morgan fingerprint density at radius 3 is 1.12 bits per heavy atom. The van der Waals surface area contributed by atoms with Gasteiger partial charge in [-0.1, -0.05) is 135 Å². The maximum absolute atomic E-state index is 2.34. The fraction of sp³-hybridized carbons (Fsp3) is 0.130. The van der Waals surface area contributed by atoms with Gasteiger partial charge in [-0.2, -0.15) is 12.1 Å². The van der Waals surface area contributed by atoms with Gasteiger partial charge in [0.25, 0.3) is 0 Å². The predicted molar refractivity (Wildman–Crippen MR) is 214 cm³/mol. The molecule has 0 fully saturated rings. The molecular formula is C46H46SiTi. The van der Waals surface area contributed by atoms with Gasteiger partial charge in [0.05, 0.1) is 0 Å². The Kier molecular flexibility index (Phi) is 14.4. The van der Waals surface area contributed by atoms with Gasteiger partial charge in [0.1, 0.15) is 0 Å². The van der Waals surface area contributed by atoms with Crippen LogP contribution in [0.15, 0.2) is 146 Å². The third-order valence-electron chi connectivity index (χ3n) is 8.60. The van der Waals surface area contributed by atoms with Gasteiger partial charge in [-0.15, -0.1) is 69.1 Å². The Morgan fingerprint density at radius 1 is 0.438 bits per heavy atom. The average Bonchev–Trinajstić information content (AvgIpc) is 3.73. The topological polar surface area (TPSA) is 0 Å². The molecule has 0 bridgehead atoms. The van der Waals surface area contributed by atoms with Gasteiger partial charge in [-0.25, -0.2) is 0 Å². The van der Waals surface area contributed by atoms with Crippen LogP contribution in [0.3, 0.4) is 0 Å². The monoisotopic (exact) mass is 674 g/mol. The number of hydrogen-bond donors (Lipinski definition) is 0. The summed E-state index contributed by atoms with van der Waals surface area (Å²) in [6.07, 6.45) is 2.17. The molecule has 0 aliphatic carbocycles. The van der Waals surface area contributed by atoms with Crippen LogP contribution in [0.4, 0.5) is 0 Å². The van der Waals surface area contributed by atoms with E-state index in [-0.39, 0.29) is 36.6 Å². The molecule has 8 rings (SSSR count). The van der Waals surface area contributed by atoms with Gasteiger partial charge in [-0.05, 0) is 45.5 Å². The Balaban J connectivity index is 0.000000228. The van der Waals surface area contributed by atoms with Gasteiger partial charge in [0.2, 0.25) is 0 Å². The zero-order chi connectivity index (χ0) is 31.2. The SMILES string of the molecule is CCc1cc2c(-c3cccc4ccccc34)cccc2[cH-]1.CCc1cc2c(-c3cccc4ccccc34)cccc2[cH-]1.C[Si]C.[CH3-].[CH3-].[Ti+4]. The minimum absolute atomic E-state index is 0. The Labute approximate surface area is 306 Å². The normalized spacial score (nSPS) is 10.2. The van der Waals surface area contributed by atoms with E-state index in [1.807, 2.05) is 0 Å². The van der Waals surface area contributed by atoms with Crippen molar-refractivity contribution >= 4 is 52.6 Å². The molecule has 0 atom stereocenters. The Bertz CT molecular complexity index is 2030. The molecule has 0 N–H and O–H groups in total. The molecule has 0 aromatic heterocycles. The van der Waals surface area contributed by atoms with Crippen LogP contribution in [0.1, 0.15) is 25.0 Å². The van der Waals surface area contributed by atoms with Crippen molar-refractivity contribution in [2.24, 2.45) is 0 Å². The van der Waals surface area contributed by atoms with E-state index in [0.29, 0.717) is 0 Å². The van der Waals surface area contributed by atoms with E-state index in [1.54, 1.807) is 0 Å². The second-order valence-electron chi connectivity index (χ2n) is 11.6. The minimum Gasteiger partial charge on any atom is -0.358 e. The molecule has 8 aromatic carbocycles. The van der Waals surface area contributed by atoms with Gasteiger partial charge in [0.15, 0.2) is 0 Å². The number of aryl methyl sites for hydroxylation is 2. The van der Waals surface area contributed by atoms with Crippen molar-refractivity contribution in [1.29, 1.82) is 0 Å². The first-order chi connectivity index (χ1) is 22.1. The van der Waals surface area contributed by atoms with Gasteiger partial charge in [-0.3, -0.25) is 0 Å². The molecule has 0 amide bonds. The van der Waals surface area contributed by atoms with E-state index in [9.17, 15) is 0 Å². The molecule has 0 saturated carbocycles. The molecule has 2 heteroatoms. The van der Waals surface area contributed by atoms with E-state index in [2.05, 4.69) is 173 Å². The number of benzene rings is 6. The van der Waals surface area contributed by atoms with E-state index in [4.69, 9.17) is 0 Å². The standard InChI is InChI=1S/2C21H17.C2H6Si.2CH3.Ti/c2*1-2-15-13-17-9-6-12-20(21(17)14-15)19-11-5-8-16-7-3-4-10-18(16)19;1-3-2;;;/h2*3-14H,2H2,1H3;1-2H3;2*1H3;/q2*-1;;2*-1;+4. The first-order valence-corrected chi connectivity index (χ1v) is 18.1. The van der Waals surface area contributed by atoms with Crippen LogP contribution in [-0.2, 0) is 34.6 Å². The molecule has 238 valence electrons. The van der Waals surface area contributed by atoms with Crippen molar-refractivity contribution in [2.75, 3.05) is 0 Å². The van der Waals surface area contributed by atoms with E-state index >= 15 is 0 Å². The van der Waals surface area contributed by atoms with Gasteiger partial charge < -0.3 is 14.9 Å². The predicted octanol–water partition coefficient (Wildman–Crippen LogP) is 13.6. The van der Waals surface area contributed by atoms with Crippen molar-refractivity contribution < 1.29 is 21.7 Å². The van der Waals surface area contributed by atoms with E-state index in [1.165, 1.54) is 76.5 Å². The molecule has 0 nitrogen and oxygen atoms in total. The summed E-state index contributed by atoms with van der Waals surface area (Å²) in [5.41, 5.74) is 8.15. The van der Waals surface area contributed by atoms with Crippen LogP contribution in [0.5, 0.6) is 0 Å². The minimum atomic E-state index is 0. The Hall–Kier alpha value is -4.01. The molecule has 0 unspecified atom stereocenters. The van der Waals surface area contributed by atoms with Crippen molar-refractivity contribution in [3.05, 3.63) is 172 Å². The summed E-state index contributed by atoms with van der Waals surface area (Å²) >= 11 is 0. The van der Waals surface area contributed by atoms with Crippen LogP contribution in [0.25, 0.3) is 65.3 Å². The molecule has 0 spiro atoms. The summed E-state index contributed by atoms with van der Waals surface area (Å²) in [6, 6.07) is 52.9. The second kappa shape index (κ2) is 17.9. The molecule has 48 heavy (non-hydrogen) atoms. The van der Waals surface area contributed by atoms with E-state index < -0.39 is 0 Å². The largest absolute Gasteiger partial charge is 4.00 e. The summed E-state index contributed by atoms with van der Waals surface area (Å²) in [4.78, 5) is 0. The second-order valence-corrected chi connectivity index (χ2v) is 12.6. The quantitative estimate of drug-likeness (QED) is 0.129. The molecule has 8 aromatic rings. The molecular weight excluding hydrogens is 628 g/mol. The first-order valence-electron chi connectivity index (χ1n) is 16.1. The number of hydrogen-bond acceptors (Lipinski definition) is 0. The van der Waals surface area contributed by atoms with Crippen LogP contribution in [-0.4, -0.2) is 9.52 Å². The fourth-order valence-electron chi connectivity index (χ4n) is 6.39. The molecule has 0 saturated heterocycles. The maximum atomic E-state index is 2.34. The maximum Gasteiger partial charge on any atom is 4.00 e. The van der Waals surface area contributed by atoms with Crippen LogP contribution in [0, 0.1) is 14.9 Å². The summed E-state index contributed by atoms with van der Waals surface area (Å²) in [5, 5.41) is 10.7. The number of fused-ring (bicyclic) bond motifs is 4. The molecule has 2 radical (unpaired) electrons. The van der Waals surface area contributed by atoms with Crippen molar-refractivity contribution in [2.45, 2.75) is 39.8 Å². The molecule has 0 aliphatic heterocycles. The first kappa shape index (κ1) is 38.4. The fourth-order valence-corrected chi connectivity index (χ4v) is 6.39. The number of rotatable bonds is 4. The molecule has 0 heterocycles. The van der Waals surface area contributed by atoms with Crippen molar-refractivity contribution in [3.8, 4) is 22.3 Å². The van der Waals surface area contributed by atoms with Crippen LogP contribution < -0.4 is 0 Å². The van der Waals surface area contributed by atoms with Crippen LogP contribution in [0.2, 0.25) is 13.1 Å². The third kappa shape index (κ3) is 7.99. The zero-order valence-corrected chi connectivity index (χ0v) is 31.8. The Morgan fingerprint density at radius 2 is 0.750 bits per heavy atom. The molecule has 0 aliphatic rings. The summed E-state index contributed by atoms with van der Waals surface area (Å²) in [7, 11) is 1.08. The van der Waals surface area contributed by atoms with E-state index in [0.717, 1.165) is 22.4 Å².